The third-order valence-electron chi connectivity index (χ3n) is 8.22. The molecule has 0 spiro atoms. The molecule has 1 saturated carbocycles. The Morgan fingerprint density at radius 3 is 2.58 bits per heavy atom. The van der Waals surface area contributed by atoms with Crippen molar-refractivity contribution in [3.63, 3.8) is 0 Å². The van der Waals surface area contributed by atoms with Gasteiger partial charge in [0.2, 0.25) is 14.6 Å². The van der Waals surface area contributed by atoms with E-state index in [-0.39, 0.29) is 53.1 Å². The zero-order valence-corrected chi connectivity index (χ0v) is 31.2. The van der Waals surface area contributed by atoms with Crippen LogP contribution in [0.2, 0.25) is 0 Å². The molecule has 3 N–H and O–H groups in total. The number of amides is 1. The number of hydrogen-bond donors (Lipinski definition) is 3. The van der Waals surface area contributed by atoms with Crippen molar-refractivity contribution >= 4 is 82.9 Å². The highest BCUT2D eigenvalue weighted by Crippen LogP contribution is 2.36. The highest BCUT2D eigenvalue weighted by atomic mass is 32.2. The summed E-state index contributed by atoms with van der Waals surface area (Å²) in [7, 11) is -3.64. The highest BCUT2D eigenvalue weighted by Gasteiger charge is 2.55. The Kier molecular flexibility index (Phi) is 12.1. The number of nitrogens with one attached hydrogen (secondary N) is 1. The van der Waals surface area contributed by atoms with Gasteiger partial charge in [0.15, 0.2) is 17.6 Å². The van der Waals surface area contributed by atoms with Gasteiger partial charge in [-0.25, -0.2) is 0 Å². The molecular weight excluding hydrogens is 745 g/mol. The van der Waals surface area contributed by atoms with E-state index in [4.69, 9.17) is 57.4 Å². The first-order chi connectivity index (χ1) is 29.3. The van der Waals surface area contributed by atoms with E-state index in [1.54, 1.807) is 13.0 Å². The fourth-order valence-corrected chi connectivity index (χ4v) is 6.91. The fraction of sp³-hybridized carbons (Fsp3) is 0.485. The monoisotopic (exact) mass is 801 g/mol. The smallest absolute Gasteiger partial charge is 0.263 e. The third-order valence-corrected chi connectivity index (χ3v) is 9.63. The molecule has 53 heavy (non-hydrogen) atoms. The SMILES string of the molecule is [2H]B([3H])CSOc1cc(/C=C(\C)C(=O)NC2[C@@H](OSCB([2H])[3H])[C@@H]3OCO[C@@H]3[C@H](O[3H])[C@H]2O[3H])ccc1O[C@@H]1O[C@H](/C(C)=N/OCc2ccccc2)[C@@H](OSCB([2H])[3H])C1=O. The molecule has 3 fully saturated rings. The van der Waals surface area contributed by atoms with Gasteiger partial charge in [-0.3, -0.25) is 9.59 Å². The number of oxime groups is 1. The molecule has 9 atom stereocenters. The molecule has 2 saturated heterocycles. The van der Waals surface area contributed by atoms with E-state index in [1.807, 2.05) is 30.3 Å². The number of Topliss-reactive ketones (excluding diaryl/α,β-unsaturated/α-hetero) is 1. The van der Waals surface area contributed by atoms with Crippen molar-refractivity contribution < 1.29 is 56.1 Å². The Hall–Kier alpha value is -2.65. The minimum absolute atomic E-state index is 0.0291. The van der Waals surface area contributed by atoms with E-state index in [2.05, 4.69) is 10.5 Å². The fourth-order valence-electron chi connectivity index (χ4n) is 5.70. The summed E-state index contributed by atoms with van der Waals surface area (Å²) in [5, 5.41) is 16.8. The summed E-state index contributed by atoms with van der Waals surface area (Å²) in [5.74, 6) is -1.15. The van der Waals surface area contributed by atoms with Crippen LogP contribution in [0.3, 0.4) is 0 Å². The number of aliphatic hydroxyl groups is 2. The number of carbonyl (C=O) groups excluding carboxylic acids is 2. The standard InChI is InChI=1S/C33H43B3N2O12S3/c1-17(32(42)37-23-24(39)25(40)29-31(44-16-43-29)28(23)49-52-14-35)10-20-8-9-21(22(11-20)48-51-13-34)46-33-26(41)30(50-53-15-36)27(47-33)18(2)38-45-12-19-6-4-3-5-7-19/h3-11,23-25,27-31,33,39-40H,12-16,34-36H2,1-2H3,(H,37,42)/b17-10+,38-18+/t23?,24-,25+,27+,28+,29+,30-,31-,33+/m0/s1/i34TD,35TD,36TD,39T,40T. The predicted molar refractivity (Wildman–Crippen MR) is 211 cm³/mol. The van der Waals surface area contributed by atoms with E-state index >= 15 is 0 Å². The molecule has 0 aromatic heterocycles. The topological polar surface area (TPSA) is 173 Å². The molecule has 5 rings (SSSR count). The molecule has 1 amide bonds. The van der Waals surface area contributed by atoms with Gasteiger partial charge in [-0.05, 0) is 86.6 Å². The molecule has 1 unspecified atom stereocenters. The molecule has 2 aromatic carbocycles. The number of ketones is 1. The summed E-state index contributed by atoms with van der Waals surface area (Å²) >= 11 is 2.37. The largest absolute Gasteiger partial charge is 0.453 e. The van der Waals surface area contributed by atoms with Crippen molar-refractivity contribution in [1.29, 1.82) is 10.9 Å². The average molecular weight is 801 g/mol. The van der Waals surface area contributed by atoms with E-state index in [0.29, 0.717) is 5.56 Å². The lowest BCUT2D eigenvalue weighted by Gasteiger charge is -2.43. The summed E-state index contributed by atoms with van der Waals surface area (Å²) in [6.45, 7) is 3.10. The van der Waals surface area contributed by atoms with Crippen LogP contribution in [0.25, 0.3) is 6.08 Å². The van der Waals surface area contributed by atoms with E-state index in [1.165, 1.54) is 25.1 Å². The molecule has 2 aromatic rings. The minimum atomic E-state index is -1.53. The van der Waals surface area contributed by atoms with Gasteiger partial charge < -0.3 is 51.9 Å². The van der Waals surface area contributed by atoms with Crippen LogP contribution < -0.4 is 14.2 Å². The normalized spacial score (nSPS) is 30.6. The van der Waals surface area contributed by atoms with Gasteiger partial charge in [-0.15, -0.1) is 0 Å². The third kappa shape index (κ3) is 10.6. The lowest BCUT2D eigenvalue weighted by molar-refractivity contribution is -0.147. The van der Waals surface area contributed by atoms with Gasteiger partial charge in [0.1, 0.15) is 73.3 Å². The van der Waals surface area contributed by atoms with E-state index in [9.17, 15) is 9.59 Å². The highest BCUT2D eigenvalue weighted by molar-refractivity contribution is 7.96. The van der Waals surface area contributed by atoms with Crippen LogP contribution in [0, 0.1) is 0 Å². The lowest BCUT2D eigenvalue weighted by atomic mass is 9.83. The van der Waals surface area contributed by atoms with Gasteiger partial charge in [0.05, 0.1) is 11.8 Å². The quantitative estimate of drug-likeness (QED) is 0.0457. The molecule has 0 bridgehead atoms. The minimum Gasteiger partial charge on any atom is -0.453 e. The number of nitrogens with zero attached hydrogens (tertiary/aromatic N) is 1. The van der Waals surface area contributed by atoms with Gasteiger partial charge in [0, 0.05) is 23.3 Å². The average Bonchev–Trinajstić information content (AvgIpc) is 3.83. The molecular formula is C33H43B3N2O12S3. The zero-order chi connectivity index (χ0) is 44.1. The first-order valence-electron chi connectivity index (χ1n) is 20.6. The van der Waals surface area contributed by atoms with Gasteiger partial charge in [-0.2, -0.15) is 0 Å². The second-order valence-electron chi connectivity index (χ2n) is 11.8. The lowest BCUT2D eigenvalue weighted by Crippen LogP contribution is -2.67. The summed E-state index contributed by atoms with van der Waals surface area (Å²) in [4.78, 5) is 33.0. The molecule has 2 aliphatic heterocycles. The molecule has 0 radical (unpaired) electrons. The first-order valence-corrected chi connectivity index (χ1v) is 19.1. The van der Waals surface area contributed by atoms with Crippen LogP contribution in [0.4, 0.5) is 0 Å². The first kappa shape index (κ1) is 31.5. The summed E-state index contributed by atoms with van der Waals surface area (Å²) in [6.07, 6.45) is -7.41. The van der Waals surface area contributed by atoms with Crippen molar-refractivity contribution in [3.8, 4) is 11.5 Å². The molecule has 2 heterocycles. The molecule has 20 heteroatoms. The van der Waals surface area contributed by atoms with Gasteiger partial charge >= 0.3 is 0 Å². The number of hydrogen-bond acceptors (Lipinski definition) is 16. The Morgan fingerprint density at radius 1 is 1.06 bits per heavy atom. The Balaban J connectivity index is 1.35. The molecule has 14 nitrogen and oxygen atoms in total. The number of carbonyl (C=O) groups is 2. The second kappa shape index (κ2) is 20.3. The number of ether oxygens (including phenoxy) is 4. The van der Waals surface area contributed by atoms with Crippen molar-refractivity contribution in [2.45, 2.75) is 75.5 Å². The van der Waals surface area contributed by atoms with Gasteiger partial charge in [-0.1, -0.05) is 41.6 Å². The number of rotatable bonds is 23. The van der Waals surface area contributed by atoms with Crippen LogP contribution in [0.1, 0.15) is 25.0 Å². The molecule has 3 aliphatic rings. The maximum Gasteiger partial charge on any atom is 0.263 e. The van der Waals surface area contributed by atoms with Gasteiger partial charge in [0.25, 0.3) is 6.29 Å². The summed E-state index contributed by atoms with van der Waals surface area (Å²) < 4.78 is 102. The predicted octanol–water partition coefficient (Wildman–Crippen LogP) is 0.183. The van der Waals surface area contributed by atoms with Crippen LogP contribution in [-0.4, -0.2) is 141 Å². The van der Waals surface area contributed by atoms with E-state index < -0.39 is 90.1 Å². The van der Waals surface area contributed by atoms with Crippen LogP contribution >= 0.6 is 36.1 Å². The zero-order valence-electron chi connectivity index (χ0n) is 36.7. The maximum atomic E-state index is 13.7. The second-order valence-corrected chi connectivity index (χ2v) is 14.0. The summed E-state index contributed by atoms with van der Waals surface area (Å²) in [6, 6.07) is 12.8. The number of benzene rings is 2. The summed E-state index contributed by atoms with van der Waals surface area (Å²) in [5.41, 5.74) is 1.59. The molecule has 284 valence electrons. The van der Waals surface area contributed by atoms with Crippen LogP contribution in [0.15, 0.2) is 59.3 Å². The van der Waals surface area contributed by atoms with Crippen LogP contribution in [0.5, 0.6) is 11.5 Å². The van der Waals surface area contributed by atoms with Crippen molar-refractivity contribution in [3.05, 3.63) is 65.2 Å². The van der Waals surface area contributed by atoms with Crippen molar-refractivity contribution in [1.82, 2.24) is 5.32 Å². The van der Waals surface area contributed by atoms with Crippen molar-refractivity contribution in [2.75, 3.05) is 23.7 Å². The molecule has 1 aliphatic carbocycles. The van der Waals surface area contributed by atoms with Crippen molar-refractivity contribution in [2.24, 2.45) is 5.16 Å². The Labute approximate surface area is 335 Å². The van der Waals surface area contributed by atoms with E-state index in [0.717, 1.165) is 41.7 Å². The number of fused-ring (bicyclic) bond motifs is 1. The Bertz CT molecular complexity index is 1810. The Morgan fingerprint density at radius 2 is 1.81 bits per heavy atom. The number of aliphatic hydroxyl groups excluding tert-OH is 2. The van der Waals surface area contributed by atoms with Crippen LogP contribution in [-0.2, 0) is 43.6 Å². The maximum absolute atomic E-state index is 13.7.